The van der Waals surface area contributed by atoms with E-state index < -0.39 is 0 Å². The van der Waals surface area contributed by atoms with Crippen LogP contribution in [0.2, 0.25) is 0 Å². The van der Waals surface area contributed by atoms with Crippen molar-refractivity contribution in [2.45, 2.75) is 39.2 Å². The van der Waals surface area contributed by atoms with Gasteiger partial charge in [0.15, 0.2) is 0 Å². The van der Waals surface area contributed by atoms with Crippen molar-refractivity contribution in [3.63, 3.8) is 0 Å². The van der Waals surface area contributed by atoms with Gasteiger partial charge >= 0.3 is 0 Å². The predicted molar refractivity (Wildman–Crippen MR) is 73.6 cm³/mol. The number of nitrogens with zero attached hydrogens (tertiary/aromatic N) is 1. The molecule has 0 atom stereocenters. The SMILES string of the molecule is Cc1ccc(C)c(C(=O)N(CCCN)C2CC2)c1. The molecule has 0 aromatic heterocycles. The lowest BCUT2D eigenvalue weighted by Gasteiger charge is -2.23. The number of aryl methyl sites for hydroxylation is 2. The molecule has 0 unspecified atom stereocenters. The van der Waals surface area contributed by atoms with Crippen LogP contribution in [0.25, 0.3) is 0 Å². The Morgan fingerprint density at radius 2 is 2.11 bits per heavy atom. The highest BCUT2D eigenvalue weighted by atomic mass is 16.2. The Hall–Kier alpha value is -1.35. The molecule has 1 saturated carbocycles. The summed E-state index contributed by atoms with van der Waals surface area (Å²) in [5, 5.41) is 0. The molecule has 18 heavy (non-hydrogen) atoms. The maximum atomic E-state index is 12.6. The first-order chi connectivity index (χ1) is 8.63. The van der Waals surface area contributed by atoms with Crippen LogP contribution in [-0.2, 0) is 0 Å². The summed E-state index contributed by atoms with van der Waals surface area (Å²) in [4.78, 5) is 14.6. The van der Waals surface area contributed by atoms with Gasteiger partial charge in [-0.2, -0.15) is 0 Å². The molecule has 3 nitrogen and oxygen atoms in total. The summed E-state index contributed by atoms with van der Waals surface area (Å²) >= 11 is 0. The molecule has 3 heteroatoms. The third-order valence-corrected chi connectivity index (χ3v) is 3.48. The third-order valence-electron chi connectivity index (χ3n) is 3.48. The van der Waals surface area contributed by atoms with Crippen LogP contribution in [0, 0.1) is 13.8 Å². The molecule has 0 bridgehead atoms. The van der Waals surface area contributed by atoms with E-state index in [0.29, 0.717) is 12.6 Å². The third kappa shape index (κ3) is 2.91. The van der Waals surface area contributed by atoms with Crippen molar-refractivity contribution in [3.05, 3.63) is 34.9 Å². The molecule has 98 valence electrons. The predicted octanol–water partition coefficient (Wildman–Crippen LogP) is 2.26. The molecular weight excluding hydrogens is 224 g/mol. The molecule has 0 aliphatic heterocycles. The summed E-state index contributed by atoms with van der Waals surface area (Å²) in [5.41, 5.74) is 8.60. The second-order valence-corrected chi connectivity index (χ2v) is 5.19. The summed E-state index contributed by atoms with van der Waals surface area (Å²) < 4.78 is 0. The minimum absolute atomic E-state index is 0.173. The van der Waals surface area contributed by atoms with Crippen molar-refractivity contribution in [2.24, 2.45) is 5.73 Å². The summed E-state index contributed by atoms with van der Waals surface area (Å²) in [6.07, 6.45) is 3.16. The number of hydrogen-bond acceptors (Lipinski definition) is 2. The largest absolute Gasteiger partial charge is 0.336 e. The summed E-state index contributed by atoms with van der Waals surface area (Å²) in [6, 6.07) is 6.52. The lowest BCUT2D eigenvalue weighted by Crippen LogP contribution is -2.35. The van der Waals surface area contributed by atoms with Gasteiger partial charge in [0.1, 0.15) is 0 Å². The molecule has 2 N–H and O–H groups in total. The van der Waals surface area contributed by atoms with E-state index >= 15 is 0 Å². The van der Waals surface area contributed by atoms with E-state index in [4.69, 9.17) is 5.73 Å². The minimum Gasteiger partial charge on any atom is -0.336 e. The number of nitrogens with two attached hydrogens (primary N) is 1. The molecule has 0 saturated heterocycles. The van der Waals surface area contributed by atoms with Crippen LogP contribution in [0.4, 0.5) is 0 Å². The van der Waals surface area contributed by atoms with Crippen LogP contribution in [0.15, 0.2) is 18.2 Å². The first-order valence-corrected chi connectivity index (χ1v) is 6.71. The number of amides is 1. The molecule has 2 rings (SSSR count). The van der Waals surface area contributed by atoms with E-state index in [1.54, 1.807) is 0 Å². The summed E-state index contributed by atoms with van der Waals surface area (Å²) in [7, 11) is 0. The fourth-order valence-electron chi connectivity index (χ4n) is 2.22. The number of benzene rings is 1. The number of carbonyl (C=O) groups excluding carboxylic acids is 1. The van der Waals surface area contributed by atoms with Crippen molar-refractivity contribution >= 4 is 5.91 Å². The van der Waals surface area contributed by atoms with Gasteiger partial charge in [0.05, 0.1) is 0 Å². The van der Waals surface area contributed by atoms with Gasteiger partial charge in [-0.1, -0.05) is 17.7 Å². The zero-order valence-electron chi connectivity index (χ0n) is 11.3. The first kappa shape index (κ1) is 13.1. The average molecular weight is 246 g/mol. The van der Waals surface area contributed by atoms with Gasteiger partial charge in [-0.3, -0.25) is 4.79 Å². The molecular formula is C15H22N2O. The van der Waals surface area contributed by atoms with Crippen LogP contribution >= 0.6 is 0 Å². The molecule has 1 amide bonds. The number of hydrogen-bond donors (Lipinski definition) is 1. The van der Waals surface area contributed by atoms with Crippen LogP contribution in [0.3, 0.4) is 0 Å². The Kier molecular flexibility index (Phi) is 4.02. The molecule has 0 radical (unpaired) electrons. The lowest BCUT2D eigenvalue weighted by atomic mass is 10.0. The number of rotatable bonds is 5. The lowest BCUT2D eigenvalue weighted by molar-refractivity contribution is 0.0741. The van der Waals surface area contributed by atoms with E-state index in [1.165, 1.54) is 0 Å². The molecule has 1 aliphatic rings. The maximum Gasteiger partial charge on any atom is 0.254 e. The molecule has 1 aromatic carbocycles. The molecule has 0 spiro atoms. The van der Waals surface area contributed by atoms with E-state index in [0.717, 1.165) is 42.5 Å². The Bertz CT molecular complexity index is 438. The van der Waals surface area contributed by atoms with E-state index in [2.05, 4.69) is 0 Å². The fourth-order valence-corrected chi connectivity index (χ4v) is 2.22. The maximum absolute atomic E-state index is 12.6. The van der Waals surface area contributed by atoms with Gasteiger partial charge in [0.2, 0.25) is 0 Å². The Balaban J connectivity index is 2.19. The Morgan fingerprint density at radius 1 is 1.39 bits per heavy atom. The molecule has 1 fully saturated rings. The summed E-state index contributed by atoms with van der Waals surface area (Å²) in [6.45, 7) is 5.45. The van der Waals surface area contributed by atoms with Gasteiger partial charge in [-0.15, -0.1) is 0 Å². The van der Waals surface area contributed by atoms with Gasteiger partial charge in [-0.05, 0) is 51.3 Å². The monoisotopic (exact) mass is 246 g/mol. The number of carbonyl (C=O) groups is 1. The normalized spacial score (nSPS) is 14.6. The van der Waals surface area contributed by atoms with Crippen molar-refractivity contribution in [1.82, 2.24) is 4.90 Å². The van der Waals surface area contributed by atoms with Crippen LogP contribution < -0.4 is 5.73 Å². The highest BCUT2D eigenvalue weighted by Gasteiger charge is 2.32. The van der Waals surface area contributed by atoms with Crippen LogP contribution in [-0.4, -0.2) is 29.9 Å². The fraction of sp³-hybridized carbons (Fsp3) is 0.533. The van der Waals surface area contributed by atoms with Crippen molar-refractivity contribution in [1.29, 1.82) is 0 Å². The molecule has 1 aliphatic carbocycles. The zero-order chi connectivity index (χ0) is 13.1. The topological polar surface area (TPSA) is 46.3 Å². The van der Waals surface area contributed by atoms with E-state index in [-0.39, 0.29) is 5.91 Å². The molecule has 0 heterocycles. The van der Waals surface area contributed by atoms with Crippen molar-refractivity contribution in [2.75, 3.05) is 13.1 Å². The standard InChI is InChI=1S/C15H22N2O/c1-11-4-5-12(2)14(10-11)15(18)17(9-3-8-16)13-6-7-13/h4-5,10,13H,3,6-9,16H2,1-2H3. The van der Waals surface area contributed by atoms with E-state index in [9.17, 15) is 4.79 Å². The quantitative estimate of drug-likeness (QED) is 0.866. The average Bonchev–Trinajstić information content (AvgIpc) is 3.17. The Labute approximate surface area is 109 Å². The first-order valence-electron chi connectivity index (χ1n) is 6.71. The second-order valence-electron chi connectivity index (χ2n) is 5.19. The molecule has 1 aromatic rings. The summed E-state index contributed by atoms with van der Waals surface area (Å²) in [5.74, 6) is 0.173. The van der Waals surface area contributed by atoms with Gasteiger partial charge < -0.3 is 10.6 Å². The van der Waals surface area contributed by atoms with Crippen LogP contribution in [0.1, 0.15) is 40.7 Å². The second kappa shape index (κ2) is 5.53. The van der Waals surface area contributed by atoms with E-state index in [1.807, 2.05) is 36.9 Å². The van der Waals surface area contributed by atoms with Gasteiger partial charge in [-0.25, -0.2) is 0 Å². The Morgan fingerprint density at radius 3 is 2.72 bits per heavy atom. The van der Waals surface area contributed by atoms with Gasteiger partial charge in [0.25, 0.3) is 5.91 Å². The van der Waals surface area contributed by atoms with Crippen LogP contribution in [0.5, 0.6) is 0 Å². The van der Waals surface area contributed by atoms with Crippen molar-refractivity contribution in [3.8, 4) is 0 Å². The highest BCUT2D eigenvalue weighted by Crippen LogP contribution is 2.29. The highest BCUT2D eigenvalue weighted by molar-refractivity contribution is 5.96. The zero-order valence-corrected chi connectivity index (χ0v) is 11.3. The smallest absolute Gasteiger partial charge is 0.254 e. The van der Waals surface area contributed by atoms with Gasteiger partial charge in [0, 0.05) is 18.2 Å². The minimum atomic E-state index is 0.173. The van der Waals surface area contributed by atoms with Crippen molar-refractivity contribution < 1.29 is 4.79 Å².